The van der Waals surface area contributed by atoms with E-state index >= 15 is 0 Å². The van der Waals surface area contributed by atoms with Crippen molar-refractivity contribution in [3.8, 4) is 5.69 Å². The van der Waals surface area contributed by atoms with Crippen LogP contribution in [0.2, 0.25) is 0 Å². The maximum Gasteiger partial charge on any atom is 0.339 e. The number of nitrogens with zero attached hydrogens (tertiary/aromatic N) is 2. The van der Waals surface area contributed by atoms with Crippen LogP contribution in [0.1, 0.15) is 47.6 Å². The minimum Gasteiger partial charge on any atom is -0.478 e. The second-order valence-electron chi connectivity index (χ2n) is 4.92. The van der Waals surface area contributed by atoms with Crippen LogP contribution in [0.3, 0.4) is 0 Å². The summed E-state index contributed by atoms with van der Waals surface area (Å²) in [6.07, 6.45) is 2.22. The van der Waals surface area contributed by atoms with Crippen molar-refractivity contribution >= 4 is 5.97 Å². The third-order valence-electron chi connectivity index (χ3n) is 3.37. The predicted octanol–water partition coefficient (Wildman–Crippen LogP) is 3.39. The summed E-state index contributed by atoms with van der Waals surface area (Å²) in [6, 6.07) is 7.97. The van der Waals surface area contributed by atoms with Gasteiger partial charge in [0, 0.05) is 0 Å². The molecule has 4 heteroatoms. The highest BCUT2D eigenvalue weighted by Crippen LogP contribution is 2.21. The Morgan fingerprint density at radius 3 is 2.40 bits per heavy atom. The van der Waals surface area contributed by atoms with E-state index in [4.69, 9.17) is 0 Å². The molecule has 0 unspecified atom stereocenters. The van der Waals surface area contributed by atoms with Gasteiger partial charge in [-0.2, -0.15) is 5.10 Å². The van der Waals surface area contributed by atoms with E-state index in [-0.39, 0.29) is 0 Å². The summed E-state index contributed by atoms with van der Waals surface area (Å²) in [5.41, 5.74) is 3.90. The summed E-state index contributed by atoms with van der Waals surface area (Å²) in [6.45, 7) is 6.02. The number of carbonyl (C=O) groups is 1. The second kappa shape index (κ2) is 5.90. The zero-order chi connectivity index (χ0) is 14.7. The van der Waals surface area contributed by atoms with Crippen molar-refractivity contribution in [2.24, 2.45) is 0 Å². The molecule has 0 aliphatic carbocycles. The molecule has 4 nitrogen and oxygen atoms in total. The van der Waals surface area contributed by atoms with E-state index in [0.29, 0.717) is 24.1 Å². The molecule has 0 bridgehead atoms. The van der Waals surface area contributed by atoms with Gasteiger partial charge in [-0.05, 0) is 31.9 Å². The predicted molar refractivity (Wildman–Crippen MR) is 78.6 cm³/mol. The fraction of sp³-hybridized carbons (Fsp3) is 0.375. The van der Waals surface area contributed by atoms with Gasteiger partial charge >= 0.3 is 5.97 Å². The number of carboxylic acids is 1. The highest BCUT2D eigenvalue weighted by atomic mass is 16.4. The first-order valence-electron chi connectivity index (χ1n) is 6.99. The molecule has 20 heavy (non-hydrogen) atoms. The van der Waals surface area contributed by atoms with Crippen molar-refractivity contribution in [3.05, 3.63) is 46.8 Å². The topological polar surface area (TPSA) is 55.1 Å². The van der Waals surface area contributed by atoms with Crippen LogP contribution in [0.5, 0.6) is 0 Å². The third-order valence-corrected chi connectivity index (χ3v) is 3.37. The maximum atomic E-state index is 11.5. The van der Waals surface area contributed by atoms with Gasteiger partial charge in [-0.25, -0.2) is 9.48 Å². The first-order valence-corrected chi connectivity index (χ1v) is 6.99. The molecular weight excluding hydrogens is 252 g/mol. The fourth-order valence-corrected chi connectivity index (χ4v) is 2.39. The lowest BCUT2D eigenvalue weighted by atomic mass is 10.1. The highest BCUT2D eigenvalue weighted by molar-refractivity contribution is 5.90. The summed E-state index contributed by atoms with van der Waals surface area (Å²) in [4.78, 5) is 11.5. The standard InChI is InChI=1S/C16H20N2O2/c1-4-6-13-15(16(19)20)14(5-2)18(17-13)12-9-7-11(3)8-10-12/h7-10H,4-6H2,1-3H3,(H,19,20). The Morgan fingerprint density at radius 2 is 1.90 bits per heavy atom. The number of carboxylic acid groups (broad SMARTS) is 1. The number of benzene rings is 1. The second-order valence-corrected chi connectivity index (χ2v) is 4.92. The SMILES string of the molecule is CCCc1nn(-c2ccc(C)cc2)c(CC)c1C(=O)O. The minimum absolute atomic E-state index is 0.370. The third kappa shape index (κ3) is 2.59. The number of aryl methyl sites for hydroxylation is 2. The Kier molecular flexibility index (Phi) is 4.23. The molecule has 2 rings (SSSR count). The molecule has 1 aromatic carbocycles. The van der Waals surface area contributed by atoms with Crippen molar-refractivity contribution in [2.75, 3.05) is 0 Å². The first kappa shape index (κ1) is 14.3. The van der Waals surface area contributed by atoms with Crippen molar-refractivity contribution in [1.29, 1.82) is 0 Å². The summed E-state index contributed by atoms with van der Waals surface area (Å²) < 4.78 is 1.77. The number of hydrogen-bond donors (Lipinski definition) is 1. The van der Waals surface area contributed by atoms with Gasteiger partial charge in [0.1, 0.15) is 5.56 Å². The lowest BCUT2D eigenvalue weighted by Crippen LogP contribution is -2.06. The molecule has 1 N–H and O–H groups in total. The van der Waals surface area contributed by atoms with E-state index in [1.807, 2.05) is 45.0 Å². The molecule has 0 spiro atoms. The molecule has 0 amide bonds. The molecule has 0 fully saturated rings. The number of hydrogen-bond acceptors (Lipinski definition) is 2. The molecule has 0 saturated carbocycles. The van der Waals surface area contributed by atoms with Gasteiger partial charge in [-0.3, -0.25) is 0 Å². The quantitative estimate of drug-likeness (QED) is 0.907. The lowest BCUT2D eigenvalue weighted by molar-refractivity contribution is 0.0694. The molecule has 106 valence electrons. The van der Waals surface area contributed by atoms with Gasteiger partial charge in [0.25, 0.3) is 0 Å². The zero-order valence-electron chi connectivity index (χ0n) is 12.2. The Labute approximate surface area is 119 Å². The Morgan fingerprint density at radius 1 is 1.25 bits per heavy atom. The van der Waals surface area contributed by atoms with E-state index in [1.165, 1.54) is 5.56 Å². The normalized spacial score (nSPS) is 10.8. The largest absolute Gasteiger partial charge is 0.478 e. The Hall–Kier alpha value is -2.10. The monoisotopic (exact) mass is 272 g/mol. The minimum atomic E-state index is -0.885. The van der Waals surface area contributed by atoms with E-state index < -0.39 is 5.97 Å². The average Bonchev–Trinajstić information content (AvgIpc) is 2.78. The highest BCUT2D eigenvalue weighted by Gasteiger charge is 2.22. The lowest BCUT2D eigenvalue weighted by Gasteiger charge is -2.06. The van der Waals surface area contributed by atoms with Crippen molar-refractivity contribution in [2.45, 2.75) is 40.0 Å². The van der Waals surface area contributed by atoms with Crippen LogP contribution in [0, 0.1) is 6.92 Å². The van der Waals surface area contributed by atoms with Crippen LogP contribution in [-0.4, -0.2) is 20.9 Å². The summed E-state index contributed by atoms with van der Waals surface area (Å²) in [7, 11) is 0. The summed E-state index contributed by atoms with van der Waals surface area (Å²) >= 11 is 0. The van der Waals surface area contributed by atoms with Gasteiger partial charge in [-0.15, -0.1) is 0 Å². The van der Waals surface area contributed by atoms with Crippen molar-refractivity contribution in [3.63, 3.8) is 0 Å². The van der Waals surface area contributed by atoms with Crippen molar-refractivity contribution < 1.29 is 9.90 Å². The van der Waals surface area contributed by atoms with E-state index in [1.54, 1.807) is 4.68 Å². The molecule has 2 aromatic rings. The van der Waals surface area contributed by atoms with E-state index in [0.717, 1.165) is 17.8 Å². The van der Waals surface area contributed by atoms with Crippen LogP contribution in [0.15, 0.2) is 24.3 Å². The first-order chi connectivity index (χ1) is 9.58. The van der Waals surface area contributed by atoms with Gasteiger partial charge in [0.05, 0.1) is 17.1 Å². The average molecular weight is 272 g/mol. The fourth-order valence-electron chi connectivity index (χ4n) is 2.39. The number of aromatic carboxylic acids is 1. The van der Waals surface area contributed by atoms with Gasteiger partial charge < -0.3 is 5.11 Å². The Balaban J connectivity index is 2.60. The molecule has 0 saturated heterocycles. The molecule has 0 atom stereocenters. The van der Waals surface area contributed by atoms with E-state index in [9.17, 15) is 9.90 Å². The van der Waals surface area contributed by atoms with Crippen molar-refractivity contribution in [1.82, 2.24) is 9.78 Å². The van der Waals surface area contributed by atoms with E-state index in [2.05, 4.69) is 5.10 Å². The van der Waals surface area contributed by atoms with Crippen LogP contribution < -0.4 is 0 Å². The smallest absolute Gasteiger partial charge is 0.339 e. The van der Waals surface area contributed by atoms with Crippen LogP contribution in [0.25, 0.3) is 5.69 Å². The summed E-state index contributed by atoms with van der Waals surface area (Å²) in [5.74, 6) is -0.885. The number of rotatable bonds is 5. The number of aromatic nitrogens is 2. The van der Waals surface area contributed by atoms with Crippen LogP contribution in [-0.2, 0) is 12.8 Å². The van der Waals surface area contributed by atoms with Crippen LogP contribution >= 0.6 is 0 Å². The van der Waals surface area contributed by atoms with Gasteiger partial charge in [0.15, 0.2) is 0 Å². The van der Waals surface area contributed by atoms with Gasteiger partial charge in [-0.1, -0.05) is 38.0 Å². The zero-order valence-corrected chi connectivity index (χ0v) is 12.2. The Bertz CT molecular complexity index is 612. The molecule has 0 radical (unpaired) electrons. The molecule has 1 heterocycles. The molecule has 0 aliphatic heterocycles. The maximum absolute atomic E-state index is 11.5. The summed E-state index contributed by atoms with van der Waals surface area (Å²) in [5, 5.41) is 14.0. The molecule has 0 aliphatic rings. The molecule has 1 aromatic heterocycles. The molecular formula is C16H20N2O2. The van der Waals surface area contributed by atoms with Gasteiger partial charge in [0.2, 0.25) is 0 Å². The van der Waals surface area contributed by atoms with Crippen LogP contribution in [0.4, 0.5) is 0 Å².